The molecule has 0 bridgehead atoms. The highest BCUT2D eigenvalue weighted by molar-refractivity contribution is 6.11. The average molecular weight is 450 g/mol. The van der Waals surface area contributed by atoms with Crippen LogP contribution in [-0.2, 0) is 9.59 Å². The molecule has 2 aromatic rings. The van der Waals surface area contributed by atoms with Gasteiger partial charge in [0.2, 0.25) is 5.91 Å². The second-order valence-corrected chi connectivity index (χ2v) is 9.19. The molecular weight excluding hydrogens is 418 g/mol. The van der Waals surface area contributed by atoms with E-state index in [0.29, 0.717) is 37.4 Å². The number of Topliss-reactive ketones (excluding diaryl/α,β-unsaturated/α-hetero) is 1. The number of piperidine rings is 2. The molecule has 2 fully saturated rings. The summed E-state index contributed by atoms with van der Waals surface area (Å²) in [5.41, 5.74) is -0.0134. The van der Waals surface area contributed by atoms with Gasteiger partial charge in [-0.3, -0.25) is 23.7 Å². The standard InChI is InChI=1S/C26H31N3O4/c1-19-10-15-27(16-11-19)25(32)21-12-17-28(18-13-21)26(33)23(29-14-6-5-9-22(29)30)24(31)20-7-3-2-4-8-20/h2-9,14,19,21,23H,10-13,15-18H2,1H3. The lowest BCUT2D eigenvalue weighted by molar-refractivity contribution is -0.142. The monoisotopic (exact) mass is 449 g/mol. The molecule has 0 aliphatic carbocycles. The first-order valence-corrected chi connectivity index (χ1v) is 11.8. The van der Waals surface area contributed by atoms with Crippen molar-refractivity contribution in [3.63, 3.8) is 0 Å². The van der Waals surface area contributed by atoms with Gasteiger partial charge in [-0.1, -0.05) is 43.3 Å². The van der Waals surface area contributed by atoms with Gasteiger partial charge < -0.3 is 9.80 Å². The van der Waals surface area contributed by atoms with E-state index in [1.807, 2.05) is 4.90 Å². The number of hydrogen-bond acceptors (Lipinski definition) is 4. The maximum Gasteiger partial charge on any atom is 0.253 e. The van der Waals surface area contributed by atoms with Crippen LogP contribution in [-0.4, -0.2) is 58.1 Å². The highest BCUT2D eigenvalue weighted by Gasteiger charge is 2.37. The van der Waals surface area contributed by atoms with Gasteiger partial charge in [0.15, 0.2) is 11.8 Å². The molecule has 1 aromatic heterocycles. The van der Waals surface area contributed by atoms with Crippen molar-refractivity contribution in [1.82, 2.24) is 14.4 Å². The molecule has 7 nitrogen and oxygen atoms in total. The summed E-state index contributed by atoms with van der Waals surface area (Å²) in [7, 11) is 0. The first-order valence-electron chi connectivity index (χ1n) is 11.8. The number of likely N-dealkylation sites (tertiary alicyclic amines) is 2. The van der Waals surface area contributed by atoms with Crippen LogP contribution < -0.4 is 5.56 Å². The molecular formula is C26H31N3O4. The molecule has 2 amide bonds. The lowest BCUT2D eigenvalue weighted by Gasteiger charge is -2.37. The molecule has 1 unspecified atom stereocenters. The first-order chi connectivity index (χ1) is 16.0. The zero-order valence-corrected chi connectivity index (χ0v) is 19.1. The fourth-order valence-electron chi connectivity index (χ4n) is 4.78. The van der Waals surface area contributed by atoms with Gasteiger partial charge in [-0.15, -0.1) is 0 Å². The number of carbonyl (C=O) groups is 3. The van der Waals surface area contributed by atoms with Crippen LogP contribution in [0.25, 0.3) is 0 Å². The third-order valence-corrected chi connectivity index (χ3v) is 6.92. The Bertz CT molecular complexity index is 1050. The summed E-state index contributed by atoms with van der Waals surface area (Å²) >= 11 is 0. The van der Waals surface area contributed by atoms with Crippen LogP contribution in [0.3, 0.4) is 0 Å². The van der Waals surface area contributed by atoms with E-state index in [-0.39, 0.29) is 11.8 Å². The van der Waals surface area contributed by atoms with Gasteiger partial charge in [-0.25, -0.2) is 0 Å². The summed E-state index contributed by atoms with van der Waals surface area (Å²) in [4.78, 5) is 55.9. The van der Waals surface area contributed by atoms with Gasteiger partial charge in [-0.05, 0) is 37.7 Å². The molecule has 7 heteroatoms. The van der Waals surface area contributed by atoms with Crippen LogP contribution in [0.5, 0.6) is 0 Å². The largest absolute Gasteiger partial charge is 0.342 e. The van der Waals surface area contributed by atoms with Crippen LogP contribution in [0.2, 0.25) is 0 Å². The van der Waals surface area contributed by atoms with Crippen molar-refractivity contribution in [2.45, 2.75) is 38.6 Å². The molecule has 0 N–H and O–H groups in total. The SMILES string of the molecule is CC1CCN(C(=O)C2CCN(C(=O)C(C(=O)c3ccccc3)n3ccccc3=O)CC2)CC1. The smallest absolute Gasteiger partial charge is 0.253 e. The molecule has 4 rings (SSSR count). The van der Waals surface area contributed by atoms with Gasteiger partial charge in [0.1, 0.15) is 0 Å². The van der Waals surface area contributed by atoms with E-state index in [2.05, 4.69) is 6.92 Å². The molecule has 2 aliphatic heterocycles. The molecule has 174 valence electrons. The maximum absolute atomic E-state index is 13.5. The molecule has 2 aliphatic rings. The average Bonchev–Trinajstić information content (AvgIpc) is 2.86. The predicted molar refractivity (Wildman–Crippen MR) is 125 cm³/mol. The van der Waals surface area contributed by atoms with Crippen molar-refractivity contribution >= 4 is 17.6 Å². The van der Waals surface area contributed by atoms with Gasteiger partial charge in [0, 0.05) is 49.9 Å². The summed E-state index contributed by atoms with van der Waals surface area (Å²) in [6.07, 6.45) is 4.72. The minimum Gasteiger partial charge on any atom is -0.342 e. The zero-order chi connectivity index (χ0) is 23.4. The second kappa shape index (κ2) is 10.1. The van der Waals surface area contributed by atoms with E-state index >= 15 is 0 Å². The highest BCUT2D eigenvalue weighted by atomic mass is 16.2. The third kappa shape index (κ3) is 5.07. The van der Waals surface area contributed by atoms with Gasteiger partial charge in [-0.2, -0.15) is 0 Å². The molecule has 1 aromatic carbocycles. The van der Waals surface area contributed by atoms with Crippen molar-refractivity contribution < 1.29 is 14.4 Å². The Morgan fingerprint density at radius 3 is 2.06 bits per heavy atom. The quantitative estimate of drug-likeness (QED) is 0.519. The van der Waals surface area contributed by atoms with E-state index in [0.717, 1.165) is 25.9 Å². The van der Waals surface area contributed by atoms with E-state index in [4.69, 9.17) is 0 Å². The van der Waals surface area contributed by atoms with Gasteiger partial charge in [0.05, 0.1) is 0 Å². The van der Waals surface area contributed by atoms with Crippen LogP contribution in [0.4, 0.5) is 0 Å². The van der Waals surface area contributed by atoms with E-state index in [1.54, 1.807) is 47.4 Å². The Balaban J connectivity index is 1.48. The number of benzene rings is 1. The number of nitrogens with zero attached hydrogens (tertiary/aromatic N) is 3. The topological polar surface area (TPSA) is 79.7 Å². The molecule has 0 saturated carbocycles. The zero-order valence-electron chi connectivity index (χ0n) is 19.1. The number of aromatic nitrogens is 1. The summed E-state index contributed by atoms with van der Waals surface area (Å²) < 4.78 is 1.21. The number of carbonyl (C=O) groups excluding carboxylic acids is 3. The normalized spacial score (nSPS) is 18.7. The van der Waals surface area contributed by atoms with E-state index in [1.165, 1.54) is 16.8 Å². The lowest BCUT2D eigenvalue weighted by Crippen LogP contribution is -2.49. The molecule has 2 saturated heterocycles. The summed E-state index contributed by atoms with van der Waals surface area (Å²) in [6, 6.07) is 11.9. The van der Waals surface area contributed by atoms with Crippen LogP contribution in [0.15, 0.2) is 59.5 Å². The summed E-state index contributed by atoms with van der Waals surface area (Å²) in [5, 5.41) is 0. The fraction of sp³-hybridized carbons (Fsp3) is 0.462. The summed E-state index contributed by atoms with van der Waals surface area (Å²) in [5.74, 6) is -0.0475. The maximum atomic E-state index is 13.5. The van der Waals surface area contributed by atoms with Crippen LogP contribution in [0, 0.1) is 11.8 Å². The Labute approximate surface area is 194 Å². The van der Waals surface area contributed by atoms with Crippen molar-refractivity contribution in [2.24, 2.45) is 11.8 Å². The number of ketones is 1. The van der Waals surface area contributed by atoms with E-state index < -0.39 is 23.3 Å². The minimum atomic E-state index is -1.25. The first kappa shape index (κ1) is 23.0. The molecule has 3 heterocycles. The number of amides is 2. The third-order valence-electron chi connectivity index (χ3n) is 6.92. The number of rotatable bonds is 5. The molecule has 0 radical (unpaired) electrons. The number of hydrogen-bond donors (Lipinski definition) is 0. The Morgan fingerprint density at radius 1 is 0.818 bits per heavy atom. The predicted octanol–water partition coefficient (Wildman–Crippen LogP) is 2.77. The minimum absolute atomic E-state index is 0.0924. The van der Waals surface area contributed by atoms with Crippen molar-refractivity contribution in [1.29, 1.82) is 0 Å². The Hall–Kier alpha value is -3.22. The fourth-order valence-corrected chi connectivity index (χ4v) is 4.78. The number of pyridine rings is 1. The van der Waals surface area contributed by atoms with Crippen molar-refractivity contribution in [3.8, 4) is 0 Å². The molecule has 33 heavy (non-hydrogen) atoms. The van der Waals surface area contributed by atoms with Crippen molar-refractivity contribution in [2.75, 3.05) is 26.2 Å². The Morgan fingerprint density at radius 2 is 1.42 bits per heavy atom. The van der Waals surface area contributed by atoms with Gasteiger partial charge in [0.25, 0.3) is 11.5 Å². The van der Waals surface area contributed by atoms with Crippen LogP contribution in [0.1, 0.15) is 49.0 Å². The van der Waals surface area contributed by atoms with Crippen molar-refractivity contribution in [3.05, 3.63) is 70.6 Å². The summed E-state index contributed by atoms with van der Waals surface area (Å²) in [6.45, 7) is 4.64. The Kier molecular flexibility index (Phi) is 7.06. The van der Waals surface area contributed by atoms with Gasteiger partial charge >= 0.3 is 0 Å². The van der Waals surface area contributed by atoms with E-state index in [9.17, 15) is 19.2 Å². The van der Waals surface area contributed by atoms with Crippen LogP contribution >= 0.6 is 0 Å². The lowest BCUT2D eigenvalue weighted by atomic mass is 9.92. The second-order valence-electron chi connectivity index (χ2n) is 9.19. The highest BCUT2D eigenvalue weighted by Crippen LogP contribution is 2.26. The molecule has 1 atom stereocenters. The molecule has 0 spiro atoms.